The summed E-state index contributed by atoms with van der Waals surface area (Å²) >= 11 is 0. The second-order valence-corrected chi connectivity index (χ2v) is 10.6. The highest BCUT2D eigenvalue weighted by Crippen LogP contribution is 2.42. The number of carbonyl (C=O) groups is 1. The van der Waals surface area contributed by atoms with Gasteiger partial charge in [-0.15, -0.1) is 0 Å². The van der Waals surface area contributed by atoms with Crippen molar-refractivity contribution in [3.8, 4) is 0 Å². The molecule has 0 saturated heterocycles. The number of carbonyl (C=O) groups excluding carboxylic acids is 1. The molecular formula is C24H25N7O3S. The monoisotopic (exact) mass is 491 g/mol. The van der Waals surface area contributed by atoms with Crippen molar-refractivity contribution in [1.29, 1.82) is 0 Å². The van der Waals surface area contributed by atoms with Crippen molar-refractivity contribution >= 4 is 44.1 Å². The molecule has 11 heteroatoms. The maximum absolute atomic E-state index is 12.5. The third-order valence-corrected chi connectivity index (χ3v) is 7.33. The predicted octanol–water partition coefficient (Wildman–Crippen LogP) is 3.51. The van der Waals surface area contributed by atoms with Crippen LogP contribution in [-0.2, 0) is 9.84 Å². The van der Waals surface area contributed by atoms with Gasteiger partial charge in [0.25, 0.3) is 0 Å². The van der Waals surface area contributed by atoms with Crippen LogP contribution in [0.5, 0.6) is 0 Å². The highest BCUT2D eigenvalue weighted by atomic mass is 32.2. The number of para-hydroxylation sites is 1. The third kappa shape index (κ3) is 4.54. The average molecular weight is 492 g/mol. The summed E-state index contributed by atoms with van der Waals surface area (Å²) in [7, 11) is -3.36. The van der Waals surface area contributed by atoms with E-state index in [1.54, 1.807) is 12.3 Å². The molecule has 35 heavy (non-hydrogen) atoms. The number of amides is 2. The molecule has 0 bridgehead atoms. The number of rotatable bonds is 6. The van der Waals surface area contributed by atoms with Crippen LogP contribution >= 0.6 is 0 Å². The zero-order valence-electron chi connectivity index (χ0n) is 19.3. The Morgan fingerprint density at radius 3 is 2.86 bits per heavy atom. The fraction of sp³-hybridized carbons (Fsp3) is 0.250. The van der Waals surface area contributed by atoms with Crippen LogP contribution in [0.3, 0.4) is 0 Å². The van der Waals surface area contributed by atoms with Crippen LogP contribution < -0.4 is 15.5 Å². The second-order valence-electron chi connectivity index (χ2n) is 8.61. The highest BCUT2D eigenvalue weighted by molar-refractivity contribution is 7.90. The number of hydrogen-bond acceptors (Lipinski definition) is 7. The van der Waals surface area contributed by atoms with Crippen LogP contribution in [0.15, 0.2) is 59.9 Å². The molecular weight excluding hydrogens is 466 g/mol. The van der Waals surface area contributed by atoms with E-state index in [1.807, 2.05) is 19.1 Å². The summed E-state index contributed by atoms with van der Waals surface area (Å²) in [4.78, 5) is 23.6. The predicted molar refractivity (Wildman–Crippen MR) is 134 cm³/mol. The number of aryl methyl sites for hydroxylation is 1. The van der Waals surface area contributed by atoms with E-state index in [1.165, 1.54) is 24.0 Å². The van der Waals surface area contributed by atoms with Gasteiger partial charge >= 0.3 is 6.03 Å². The molecule has 2 amide bonds. The summed E-state index contributed by atoms with van der Waals surface area (Å²) in [6.45, 7) is 2.99. The number of aromatic nitrogens is 4. The molecule has 4 aromatic rings. The summed E-state index contributed by atoms with van der Waals surface area (Å²) in [5.74, 6) is 0.990. The van der Waals surface area contributed by atoms with Crippen molar-refractivity contribution < 1.29 is 13.2 Å². The standard InChI is InChI=1S/C24H25N7O3S/c1-15-7-8-17(35(2,33)34)11-20(15)29-24(32)25-10-9-16-13-31(21-6-4-3-5-18(16)21)23-19-12-28-30-22(19)26-14-27-23/h3-8,11-12,14,16H,9-10,13H2,1-2H3,(H2,25,29,32)(H,26,27,28,30). The largest absolute Gasteiger partial charge is 0.338 e. The Balaban J connectivity index is 1.26. The first-order valence-electron chi connectivity index (χ1n) is 11.2. The average Bonchev–Trinajstić information content (AvgIpc) is 3.45. The Morgan fingerprint density at radius 1 is 1.20 bits per heavy atom. The molecule has 1 atom stereocenters. The number of nitrogens with zero attached hydrogens (tertiary/aromatic N) is 4. The smallest absolute Gasteiger partial charge is 0.319 e. The Bertz CT molecular complexity index is 1520. The van der Waals surface area contributed by atoms with Crippen molar-refractivity contribution in [3.05, 3.63) is 66.1 Å². The summed E-state index contributed by atoms with van der Waals surface area (Å²) in [5, 5.41) is 13.5. The fourth-order valence-electron chi connectivity index (χ4n) is 4.40. The van der Waals surface area contributed by atoms with Gasteiger partial charge in [-0.2, -0.15) is 5.10 Å². The van der Waals surface area contributed by atoms with Gasteiger partial charge in [0.05, 0.1) is 16.5 Å². The lowest BCUT2D eigenvalue weighted by atomic mass is 9.98. The highest BCUT2D eigenvalue weighted by Gasteiger charge is 2.31. The van der Waals surface area contributed by atoms with Crippen molar-refractivity contribution in [2.24, 2.45) is 0 Å². The normalized spacial score (nSPS) is 15.3. The first kappa shape index (κ1) is 22.8. The molecule has 1 unspecified atom stereocenters. The Kier molecular flexibility index (Phi) is 5.85. The van der Waals surface area contributed by atoms with Gasteiger partial charge in [0.15, 0.2) is 15.5 Å². The van der Waals surface area contributed by atoms with Crippen molar-refractivity contribution in [3.63, 3.8) is 0 Å². The molecule has 0 radical (unpaired) electrons. The van der Waals surface area contributed by atoms with Crippen LogP contribution in [0.4, 0.5) is 22.0 Å². The summed E-state index contributed by atoms with van der Waals surface area (Å²) < 4.78 is 23.7. The third-order valence-electron chi connectivity index (χ3n) is 6.22. The zero-order chi connectivity index (χ0) is 24.6. The number of fused-ring (bicyclic) bond motifs is 2. The van der Waals surface area contributed by atoms with Gasteiger partial charge < -0.3 is 15.5 Å². The van der Waals surface area contributed by atoms with E-state index in [0.29, 0.717) is 17.9 Å². The minimum absolute atomic E-state index is 0.164. The molecule has 0 spiro atoms. The first-order valence-corrected chi connectivity index (χ1v) is 13.1. The number of H-pyrrole nitrogens is 1. The first-order chi connectivity index (χ1) is 16.8. The van der Waals surface area contributed by atoms with E-state index in [9.17, 15) is 13.2 Å². The molecule has 1 aliphatic heterocycles. The molecule has 180 valence electrons. The number of nitrogens with one attached hydrogen (secondary N) is 3. The fourth-order valence-corrected chi connectivity index (χ4v) is 5.05. The lowest BCUT2D eigenvalue weighted by molar-refractivity contribution is 0.251. The van der Waals surface area contributed by atoms with Gasteiger partial charge in [0.1, 0.15) is 12.1 Å². The van der Waals surface area contributed by atoms with Crippen LogP contribution in [0, 0.1) is 6.92 Å². The number of anilines is 3. The molecule has 5 rings (SSSR count). The number of hydrogen-bond donors (Lipinski definition) is 3. The van der Waals surface area contributed by atoms with Gasteiger partial charge in [0.2, 0.25) is 0 Å². The van der Waals surface area contributed by atoms with Crippen LogP contribution in [-0.4, -0.2) is 54.0 Å². The molecule has 3 heterocycles. The van der Waals surface area contributed by atoms with E-state index >= 15 is 0 Å². The summed E-state index contributed by atoms with van der Waals surface area (Å²) in [6.07, 6.45) is 5.12. The molecule has 1 aliphatic rings. The van der Waals surface area contributed by atoms with Gasteiger partial charge in [-0.05, 0) is 42.7 Å². The SMILES string of the molecule is Cc1ccc(S(C)(=O)=O)cc1NC(=O)NCCC1CN(c2ncnc3[nH]ncc23)c2ccccc21. The van der Waals surface area contributed by atoms with Gasteiger partial charge in [-0.3, -0.25) is 5.10 Å². The van der Waals surface area contributed by atoms with E-state index in [-0.39, 0.29) is 16.8 Å². The number of sulfone groups is 1. The molecule has 2 aromatic heterocycles. The van der Waals surface area contributed by atoms with Crippen LogP contribution in [0.25, 0.3) is 11.0 Å². The number of aromatic amines is 1. The minimum Gasteiger partial charge on any atom is -0.338 e. The lowest BCUT2D eigenvalue weighted by Gasteiger charge is -2.19. The molecule has 0 aliphatic carbocycles. The van der Waals surface area contributed by atoms with E-state index in [0.717, 1.165) is 41.7 Å². The Labute approximate surface area is 202 Å². The molecule has 0 fully saturated rings. The zero-order valence-corrected chi connectivity index (χ0v) is 20.1. The molecule has 10 nitrogen and oxygen atoms in total. The lowest BCUT2D eigenvalue weighted by Crippen LogP contribution is -2.31. The van der Waals surface area contributed by atoms with Crippen molar-refractivity contribution in [1.82, 2.24) is 25.5 Å². The Hall–Kier alpha value is -3.99. The Morgan fingerprint density at radius 2 is 2.03 bits per heavy atom. The summed E-state index contributed by atoms with van der Waals surface area (Å²) in [6, 6.07) is 12.5. The van der Waals surface area contributed by atoms with Crippen LogP contribution in [0.2, 0.25) is 0 Å². The maximum atomic E-state index is 12.5. The maximum Gasteiger partial charge on any atom is 0.319 e. The number of benzene rings is 2. The quantitative estimate of drug-likeness (QED) is 0.376. The molecule has 3 N–H and O–H groups in total. The second kappa shape index (κ2) is 8.99. The topological polar surface area (TPSA) is 133 Å². The molecule has 2 aromatic carbocycles. The van der Waals surface area contributed by atoms with Gasteiger partial charge in [0, 0.05) is 36.6 Å². The molecule has 0 saturated carbocycles. The van der Waals surface area contributed by atoms with Gasteiger partial charge in [-0.1, -0.05) is 24.3 Å². The van der Waals surface area contributed by atoms with Crippen molar-refractivity contribution in [2.45, 2.75) is 24.2 Å². The van der Waals surface area contributed by atoms with Crippen LogP contribution in [0.1, 0.15) is 23.5 Å². The minimum atomic E-state index is -3.36. The van der Waals surface area contributed by atoms with E-state index < -0.39 is 9.84 Å². The van der Waals surface area contributed by atoms with E-state index in [2.05, 4.69) is 47.8 Å². The number of urea groups is 1. The summed E-state index contributed by atoms with van der Waals surface area (Å²) in [5.41, 5.74) is 4.21. The van der Waals surface area contributed by atoms with Crippen molar-refractivity contribution in [2.75, 3.05) is 29.6 Å². The van der Waals surface area contributed by atoms with Gasteiger partial charge in [-0.25, -0.2) is 23.2 Å². The van der Waals surface area contributed by atoms with E-state index in [4.69, 9.17) is 0 Å².